The van der Waals surface area contributed by atoms with E-state index in [0.717, 1.165) is 3.57 Å². The lowest BCUT2D eigenvalue weighted by Gasteiger charge is -2.36. The molecule has 40 heavy (non-hydrogen) atoms. The highest BCUT2D eigenvalue weighted by Crippen LogP contribution is 2.49. The van der Waals surface area contributed by atoms with Gasteiger partial charge in [-0.3, -0.25) is 19.5 Å². The van der Waals surface area contributed by atoms with Crippen LogP contribution in [0.3, 0.4) is 0 Å². The molecule has 200 valence electrons. The molecule has 3 atom stereocenters. The minimum atomic E-state index is -0.0317. The molecule has 0 aromatic heterocycles. The standard InChI is InChI=1S/C35H32IN3O/c1-37-32(26-16-8-4-9-17-26)33(27-18-10-5-11-19-27)38(2)34(37)30-24-39(35(40)29-20-12-13-21-31(29)36)23-22-28(30)25-14-6-3-7-15-25/h3-24,28,32-34H,1-2H3/t28-,32-,33-/m0/s1. The van der Waals surface area contributed by atoms with Gasteiger partial charge in [-0.25, -0.2) is 0 Å². The van der Waals surface area contributed by atoms with Gasteiger partial charge in [-0.15, -0.1) is 0 Å². The van der Waals surface area contributed by atoms with E-state index >= 15 is 0 Å². The smallest absolute Gasteiger partial charge is 0.262 e. The number of carbonyl (C=O) groups excluding carboxylic acids is 1. The number of hydrogen-bond donors (Lipinski definition) is 0. The van der Waals surface area contributed by atoms with Gasteiger partial charge in [-0.1, -0.05) is 109 Å². The molecule has 2 heterocycles. The van der Waals surface area contributed by atoms with E-state index in [1.54, 1.807) is 4.90 Å². The molecule has 1 fully saturated rings. The number of rotatable bonds is 5. The average Bonchev–Trinajstić information content (AvgIpc) is 3.27. The molecule has 0 bridgehead atoms. The molecule has 0 radical (unpaired) electrons. The van der Waals surface area contributed by atoms with Crippen molar-refractivity contribution in [2.45, 2.75) is 24.2 Å². The van der Waals surface area contributed by atoms with Crippen molar-refractivity contribution < 1.29 is 4.79 Å². The van der Waals surface area contributed by atoms with Crippen molar-refractivity contribution in [2.75, 3.05) is 14.1 Å². The first-order valence-corrected chi connectivity index (χ1v) is 14.7. The maximum atomic E-state index is 13.8. The van der Waals surface area contributed by atoms with Gasteiger partial charge in [0.1, 0.15) is 0 Å². The first-order chi connectivity index (χ1) is 19.5. The van der Waals surface area contributed by atoms with Crippen LogP contribution in [0, 0.1) is 3.57 Å². The maximum Gasteiger partial charge on any atom is 0.262 e. The highest BCUT2D eigenvalue weighted by molar-refractivity contribution is 14.1. The SMILES string of the molecule is CN1C(C2=CN(C(=O)c3ccccc3I)C=C[C@H]2c2ccccc2)N(C)[C@@H](c2ccccc2)[C@@H]1c1ccccc1. The lowest BCUT2D eigenvalue weighted by atomic mass is 9.87. The predicted molar refractivity (Wildman–Crippen MR) is 169 cm³/mol. The number of likely N-dealkylation sites (N-methyl/N-ethyl adjacent to an activating group) is 2. The second kappa shape index (κ2) is 11.5. The van der Waals surface area contributed by atoms with E-state index in [2.05, 4.69) is 150 Å². The summed E-state index contributed by atoms with van der Waals surface area (Å²) in [5.74, 6) is 0.0220. The van der Waals surface area contributed by atoms with Crippen molar-refractivity contribution in [3.05, 3.63) is 165 Å². The van der Waals surface area contributed by atoms with Crippen LogP contribution in [0.1, 0.15) is 45.0 Å². The molecule has 4 aromatic carbocycles. The van der Waals surface area contributed by atoms with Crippen LogP contribution in [0.15, 0.2) is 139 Å². The minimum Gasteiger partial charge on any atom is -0.291 e. The van der Waals surface area contributed by atoms with Gasteiger partial charge in [0.2, 0.25) is 0 Å². The first-order valence-electron chi connectivity index (χ1n) is 13.6. The van der Waals surface area contributed by atoms with Crippen LogP contribution >= 0.6 is 22.6 Å². The first kappa shape index (κ1) is 26.7. The zero-order valence-corrected chi connectivity index (χ0v) is 24.8. The normalized spacial score (nSPS) is 21.9. The third-order valence-corrected chi connectivity index (χ3v) is 9.05. The van der Waals surface area contributed by atoms with Crippen LogP contribution in [-0.2, 0) is 0 Å². The van der Waals surface area contributed by atoms with Crippen molar-refractivity contribution in [1.82, 2.24) is 14.7 Å². The summed E-state index contributed by atoms with van der Waals surface area (Å²) in [7, 11) is 4.44. The number of hydrogen-bond acceptors (Lipinski definition) is 3. The summed E-state index contributed by atoms with van der Waals surface area (Å²) in [4.78, 5) is 20.5. The topological polar surface area (TPSA) is 26.8 Å². The van der Waals surface area contributed by atoms with Crippen LogP contribution < -0.4 is 0 Å². The molecule has 2 aliphatic rings. The van der Waals surface area contributed by atoms with E-state index in [1.807, 2.05) is 30.5 Å². The summed E-state index contributed by atoms with van der Waals surface area (Å²) in [6, 6.07) is 40.2. The molecule has 0 aliphatic carbocycles. The number of carbonyl (C=O) groups is 1. The van der Waals surface area contributed by atoms with Gasteiger partial charge in [0.05, 0.1) is 23.8 Å². The van der Waals surface area contributed by atoms with Gasteiger partial charge in [0.25, 0.3) is 5.91 Å². The van der Waals surface area contributed by atoms with Gasteiger partial charge in [-0.05, 0) is 71.1 Å². The second-order valence-electron chi connectivity index (χ2n) is 10.5. The van der Waals surface area contributed by atoms with E-state index in [0.29, 0.717) is 5.56 Å². The van der Waals surface area contributed by atoms with Crippen LogP contribution in [0.5, 0.6) is 0 Å². The third kappa shape index (κ3) is 4.94. The van der Waals surface area contributed by atoms with E-state index < -0.39 is 0 Å². The Balaban J connectivity index is 1.47. The number of nitrogens with zero attached hydrogens (tertiary/aromatic N) is 3. The minimum absolute atomic E-state index is 0.0206. The Kier molecular flexibility index (Phi) is 7.69. The summed E-state index contributed by atoms with van der Waals surface area (Å²) < 4.78 is 0.946. The summed E-state index contributed by atoms with van der Waals surface area (Å²) in [6.07, 6.45) is 6.16. The molecule has 0 saturated carbocycles. The molecule has 0 N–H and O–H groups in total. The summed E-state index contributed by atoms with van der Waals surface area (Å²) >= 11 is 2.24. The summed E-state index contributed by atoms with van der Waals surface area (Å²) in [6.45, 7) is 0. The lowest BCUT2D eigenvalue weighted by molar-refractivity contribution is 0.0861. The Bertz CT molecular complexity index is 1490. The van der Waals surface area contributed by atoms with Crippen LogP contribution in [-0.4, -0.2) is 40.9 Å². The Labute approximate surface area is 250 Å². The summed E-state index contributed by atoms with van der Waals surface area (Å²) in [5.41, 5.74) is 5.66. The maximum absolute atomic E-state index is 13.8. The molecular weight excluding hydrogens is 605 g/mol. The molecular formula is C35H32IN3O. The van der Waals surface area contributed by atoms with E-state index in [4.69, 9.17) is 0 Å². The zero-order chi connectivity index (χ0) is 27.6. The molecule has 4 nitrogen and oxygen atoms in total. The predicted octanol–water partition coefficient (Wildman–Crippen LogP) is 7.61. The van der Waals surface area contributed by atoms with E-state index in [9.17, 15) is 4.79 Å². The summed E-state index contributed by atoms with van der Waals surface area (Å²) in [5, 5.41) is 0. The van der Waals surface area contributed by atoms with Crippen molar-refractivity contribution >= 4 is 28.5 Å². The number of halogens is 1. The van der Waals surface area contributed by atoms with Gasteiger partial charge < -0.3 is 0 Å². The fourth-order valence-electron chi connectivity index (χ4n) is 6.31. The lowest BCUT2D eigenvalue weighted by Crippen LogP contribution is -2.40. The molecule has 1 amide bonds. The molecule has 4 aromatic rings. The van der Waals surface area contributed by atoms with Crippen molar-refractivity contribution in [1.29, 1.82) is 0 Å². The fraction of sp³-hybridized carbons (Fsp3) is 0.171. The Morgan fingerprint density at radius 2 is 1.12 bits per heavy atom. The fourth-order valence-corrected chi connectivity index (χ4v) is 6.93. The number of amides is 1. The monoisotopic (exact) mass is 637 g/mol. The van der Waals surface area contributed by atoms with E-state index in [-0.39, 0.29) is 30.1 Å². The Hall–Kier alpha value is -3.52. The highest BCUT2D eigenvalue weighted by atomic mass is 127. The van der Waals surface area contributed by atoms with Crippen molar-refractivity contribution in [3.63, 3.8) is 0 Å². The van der Waals surface area contributed by atoms with Crippen LogP contribution in [0.4, 0.5) is 0 Å². The molecule has 0 unspecified atom stereocenters. The van der Waals surface area contributed by atoms with Gasteiger partial charge in [0.15, 0.2) is 0 Å². The zero-order valence-electron chi connectivity index (χ0n) is 22.6. The third-order valence-electron chi connectivity index (χ3n) is 8.11. The molecule has 2 aliphatic heterocycles. The molecule has 0 spiro atoms. The quantitative estimate of drug-likeness (QED) is 0.211. The van der Waals surface area contributed by atoms with Gasteiger partial charge in [0, 0.05) is 21.9 Å². The molecule has 5 heteroatoms. The van der Waals surface area contributed by atoms with Crippen LogP contribution in [0.25, 0.3) is 0 Å². The Morgan fingerprint density at radius 1 is 0.650 bits per heavy atom. The second-order valence-corrected chi connectivity index (χ2v) is 11.6. The average molecular weight is 638 g/mol. The largest absolute Gasteiger partial charge is 0.291 e. The number of allylic oxidation sites excluding steroid dienone is 1. The van der Waals surface area contributed by atoms with E-state index in [1.165, 1.54) is 22.3 Å². The van der Waals surface area contributed by atoms with Crippen molar-refractivity contribution in [3.8, 4) is 0 Å². The van der Waals surface area contributed by atoms with Crippen LogP contribution in [0.2, 0.25) is 0 Å². The number of benzene rings is 4. The highest BCUT2D eigenvalue weighted by Gasteiger charge is 2.47. The van der Waals surface area contributed by atoms with Gasteiger partial charge in [-0.2, -0.15) is 0 Å². The molecule has 1 saturated heterocycles. The Morgan fingerprint density at radius 3 is 1.65 bits per heavy atom. The van der Waals surface area contributed by atoms with Gasteiger partial charge >= 0.3 is 0 Å². The van der Waals surface area contributed by atoms with Crippen molar-refractivity contribution in [2.24, 2.45) is 0 Å². The molecule has 6 rings (SSSR count).